The number of nitrogens with zero attached hydrogens (tertiary/aromatic N) is 1. The molecule has 2 aliphatic rings. The van der Waals surface area contributed by atoms with Crippen molar-refractivity contribution < 1.29 is 0 Å². The number of allylic oxidation sites excluding steroid dienone is 2. The molecule has 1 aromatic rings. The lowest BCUT2D eigenvalue weighted by atomic mass is 9.76. The van der Waals surface area contributed by atoms with Gasteiger partial charge in [0.1, 0.15) is 5.54 Å². The Balaban J connectivity index is 1.83. The molecule has 2 aliphatic carbocycles. The van der Waals surface area contributed by atoms with Crippen molar-refractivity contribution in [2.45, 2.75) is 49.6 Å². The third kappa shape index (κ3) is 3.28. The van der Waals surface area contributed by atoms with E-state index in [-0.39, 0.29) is 5.54 Å². The van der Waals surface area contributed by atoms with Crippen molar-refractivity contribution in [3.63, 3.8) is 0 Å². The van der Waals surface area contributed by atoms with Crippen LogP contribution in [0, 0.1) is 17.8 Å². The zero-order valence-corrected chi connectivity index (χ0v) is 13.0. The monoisotopic (exact) mass is 297 g/mol. The smallest absolute Gasteiger partial charge is 0.133 e. The molecule has 0 aromatic carbocycles. The molecule has 0 bridgehead atoms. The minimum absolute atomic E-state index is 0.0465. The fraction of sp³-hybridized carbons (Fsp3) is 0.444. The maximum atomic E-state index is 9.69. The van der Waals surface area contributed by atoms with E-state index in [0.717, 1.165) is 19.3 Å². The molecule has 0 saturated heterocycles. The Morgan fingerprint density at radius 2 is 2.05 bits per heavy atom. The summed E-state index contributed by atoms with van der Waals surface area (Å²) in [5.41, 5.74) is -0.603. The van der Waals surface area contributed by atoms with E-state index in [9.17, 15) is 5.26 Å². The lowest BCUT2D eigenvalue weighted by molar-refractivity contribution is 0.208. The summed E-state index contributed by atoms with van der Waals surface area (Å²) in [4.78, 5) is 1.41. The molecular formula is C18H21N2S. The van der Waals surface area contributed by atoms with E-state index in [4.69, 9.17) is 0 Å². The third-order valence-corrected chi connectivity index (χ3v) is 5.38. The molecule has 1 atom stereocenters. The Morgan fingerprint density at radius 3 is 2.67 bits per heavy atom. The number of nitrogens with one attached hydrogen (secondary N) is 1. The normalized spacial score (nSPS) is 27.4. The van der Waals surface area contributed by atoms with E-state index in [0.29, 0.717) is 0 Å². The van der Waals surface area contributed by atoms with Crippen LogP contribution in [0.4, 0.5) is 0 Å². The fourth-order valence-electron chi connectivity index (χ4n) is 3.48. The lowest BCUT2D eigenvalue weighted by Gasteiger charge is -2.43. The second-order valence-corrected chi connectivity index (χ2v) is 7.15. The number of hydrogen-bond acceptors (Lipinski definition) is 3. The van der Waals surface area contributed by atoms with E-state index in [1.54, 1.807) is 0 Å². The minimum atomic E-state index is -0.649. The molecule has 1 unspecified atom stereocenters. The van der Waals surface area contributed by atoms with Crippen LogP contribution < -0.4 is 5.32 Å². The largest absolute Gasteiger partial charge is 0.290 e. The van der Waals surface area contributed by atoms with Gasteiger partial charge in [-0.3, -0.25) is 5.32 Å². The third-order valence-electron chi connectivity index (χ3n) is 4.50. The topological polar surface area (TPSA) is 35.8 Å². The van der Waals surface area contributed by atoms with Gasteiger partial charge in [-0.05, 0) is 30.4 Å². The summed E-state index contributed by atoms with van der Waals surface area (Å²) in [5, 5.41) is 15.6. The van der Waals surface area contributed by atoms with Crippen LogP contribution in [-0.2, 0) is 6.42 Å². The molecule has 1 saturated carbocycles. The highest BCUT2D eigenvalue weighted by Gasteiger charge is 2.40. The lowest BCUT2D eigenvalue weighted by Crippen LogP contribution is -2.59. The summed E-state index contributed by atoms with van der Waals surface area (Å²) in [6.07, 6.45) is 17.0. The average molecular weight is 297 g/mol. The Bertz CT molecular complexity index is 559. The zero-order chi connectivity index (χ0) is 14.6. The van der Waals surface area contributed by atoms with Crippen LogP contribution in [0.2, 0.25) is 0 Å². The predicted octanol–water partition coefficient (Wildman–Crippen LogP) is 4.18. The summed E-state index contributed by atoms with van der Waals surface area (Å²) >= 11 is 1.82. The Labute approximate surface area is 131 Å². The standard InChI is InChI=1S/C18H21N2S/c19-15-18(11-5-2-6-12-18)20-17(9-3-1-4-10-17)14-16-8-7-13-21-16/h2,5-8,11-13,20H,1,3-4,9-10,14H2. The van der Waals surface area contributed by atoms with Gasteiger partial charge >= 0.3 is 0 Å². The van der Waals surface area contributed by atoms with Crippen LogP contribution in [0.15, 0.2) is 41.8 Å². The van der Waals surface area contributed by atoms with Crippen molar-refractivity contribution in [1.29, 1.82) is 5.26 Å². The van der Waals surface area contributed by atoms with E-state index in [2.05, 4.69) is 28.9 Å². The first kappa shape index (κ1) is 14.6. The SMILES string of the molecule is N#CC1(NC2(Cc3cccs3)CCCCC2)[CH]C=CC=C1. The van der Waals surface area contributed by atoms with Crippen LogP contribution in [0.5, 0.6) is 0 Å². The van der Waals surface area contributed by atoms with Gasteiger partial charge in [-0.15, -0.1) is 11.3 Å². The van der Waals surface area contributed by atoms with E-state index in [1.807, 2.05) is 42.1 Å². The quantitative estimate of drug-likeness (QED) is 0.905. The maximum Gasteiger partial charge on any atom is 0.133 e. The first-order valence-electron chi connectivity index (χ1n) is 7.69. The molecule has 3 heteroatoms. The number of nitriles is 1. The molecular weight excluding hydrogens is 276 g/mol. The van der Waals surface area contributed by atoms with Gasteiger partial charge in [0.2, 0.25) is 0 Å². The summed E-state index contributed by atoms with van der Waals surface area (Å²) in [5.74, 6) is 0. The molecule has 2 nitrogen and oxygen atoms in total. The van der Waals surface area contributed by atoms with Crippen molar-refractivity contribution in [3.8, 4) is 6.07 Å². The summed E-state index contributed by atoms with van der Waals surface area (Å²) in [6, 6.07) is 6.80. The Hall–Kier alpha value is -1.37. The first-order valence-corrected chi connectivity index (χ1v) is 8.57. The minimum Gasteiger partial charge on any atom is -0.290 e. The molecule has 109 valence electrons. The first-order chi connectivity index (χ1) is 10.3. The average Bonchev–Trinajstić information content (AvgIpc) is 3.01. The fourth-order valence-corrected chi connectivity index (χ4v) is 4.33. The molecule has 1 fully saturated rings. The highest BCUT2D eigenvalue weighted by molar-refractivity contribution is 7.09. The molecule has 0 spiro atoms. The van der Waals surface area contributed by atoms with Crippen LogP contribution in [-0.4, -0.2) is 11.1 Å². The van der Waals surface area contributed by atoms with Gasteiger partial charge in [0, 0.05) is 23.3 Å². The highest BCUT2D eigenvalue weighted by atomic mass is 32.1. The second-order valence-electron chi connectivity index (χ2n) is 6.11. The van der Waals surface area contributed by atoms with Gasteiger partial charge in [0.05, 0.1) is 6.07 Å². The summed E-state index contributed by atoms with van der Waals surface area (Å²) in [6.45, 7) is 0. The van der Waals surface area contributed by atoms with Crippen molar-refractivity contribution in [2.75, 3.05) is 0 Å². The summed E-state index contributed by atoms with van der Waals surface area (Å²) in [7, 11) is 0. The van der Waals surface area contributed by atoms with Crippen molar-refractivity contribution >= 4 is 11.3 Å². The van der Waals surface area contributed by atoms with Gasteiger partial charge in [-0.2, -0.15) is 5.26 Å². The van der Waals surface area contributed by atoms with E-state index in [1.165, 1.54) is 24.1 Å². The molecule has 0 amide bonds. The van der Waals surface area contributed by atoms with Gasteiger partial charge in [0.15, 0.2) is 0 Å². The van der Waals surface area contributed by atoms with Crippen molar-refractivity contribution in [3.05, 3.63) is 53.1 Å². The molecule has 1 heterocycles. The maximum absolute atomic E-state index is 9.69. The van der Waals surface area contributed by atoms with Crippen LogP contribution in [0.25, 0.3) is 0 Å². The molecule has 3 rings (SSSR count). The van der Waals surface area contributed by atoms with Crippen LogP contribution in [0.3, 0.4) is 0 Å². The van der Waals surface area contributed by atoms with E-state index < -0.39 is 5.54 Å². The second kappa shape index (κ2) is 6.17. The number of rotatable bonds is 4. The van der Waals surface area contributed by atoms with Gasteiger partial charge in [-0.25, -0.2) is 0 Å². The Kier molecular flexibility index (Phi) is 4.28. The van der Waals surface area contributed by atoms with Gasteiger partial charge in [0.25, 0.3) is 0 Å². The molecule has 1 radical (unpaired) electrons. The highest BCUT2D eigenvalue weighted by Crippen LogP contribution is 2.35. The van der Waals surface area contributed by atoms with Crippen molar-refractivity contribution in [2.24, 2.45) is 0 Å². The number of thiophene rings is 1. The predicted molar refractivity (Wildman–Crippen MR) is 87.9 cm³/mol. The van der Waals surface area contributed by atoms with Crippen molar-refractivity contribution in [1.82, 2.24) is 5.32 Å². The summed E-state index contributed by atoms with van der Waals surface area (Å²) < 4.78 is 0. The molecule has 0 aliphatic heterocycles. The number of hydrogen-bond donors (Lipinski definition) is 1. The Morgan fingerprint density at radius 1 is 1.19 bits per heavy atom. The zero-order valence-electron chi connectivity index (χ0n) is 12.2. The van der Waals surface area contributed by atoms with Gasteiger partial charge < -0.3 is 0 Å². The molecule has 1 N–H and O–H groups in total. The van der Waals surface area contributed by atoms with Gasteiger partial charge in [-0.1, -0.05) is 43.6 Å². The van der Waals surface area contributed by atoms with Crippen LogP contribution in [0.1, 0.15) is 37.0 Å². The van der Waals surface area contributed by atoms with E-state index >= 15 is 0 Å². The van der Waals surface area contributed by atoms with Crippen LogP contribution >= 0.6 is 11.3 Å². The molecule has 1 aromatic heterocycles. The molecule has 21 heavy (non-hydrogen) atoms.